The van der Waals surface area contributed by atoms with Crippen LogP contribution in [0.5, 0.6) is 0 Å². The number of hydrogen-bond acceptors (Lipinski definition) is 4. The van der Waals surface area contributed by atoms with Gasteiger partial charge in [0.1, 0.15) is 11.6 Å². The third-order valence-corrected chi connectivity index (χ3v) is 6.75. The Morgan fingerprint density at radius 1 is 0.368 bits per heavy atom. The van der Waals surface area contributed by atoms with Crippen molar-refractivity contribution in [3.05, 3.63) is 153 Å². The Morgan fingerprint density at radius 2 is 0.737 bits per heavy atom. The van der Waals surface area contributed by atoms with Crippen molar-refractivity contribution in [2.24, 2.45) is 0 Å². The monoisotopic (exact) mass is 502 g/mol. The van der Waals surface area contributed by atoms with E-state index in [9.17, 15) is 19.2 Å². The van der Waals surface area contributed by atoms with E-state index in [0.29, 0.717) is 11.1 Å². The lowest BCUT2D eigenvalue weighted by molar-refractivity contribution is 0.0965. The van der Waals surface area contributed by atoms with E-state index in [-0.39, 0.29) is 22.3 Å². The van der Waals surface area contributed by atoms with E-state index in [0.717, 1.165) is 12.1 Å². The van der Waals surface area contributed by atoms with Crippen LogP contribution in [-0.2, 0) is 0 Å². The number of carbonyl (C=O) groups excluding carboxylic acids is 4. The third kappa shape index (κ3) is 3.34. The molecule has 0 radical (unpaired) electrons. The average molecular weight is 502 g/mol. The molecule has 0 saturated heterocycles. The molecular weight excluding hydrogens is 486 g/mol. The highest BCUT2D eigenvalue weighted by molar-refractivity contribution is 6.49. The number of carbonyl (C=O) groups is 4. The van der Waals surface area contributed by atoms with Gasteiger partial charge in [-0.1, -0.05) is 84.9 Å². The fourth-order valence-electron chi connectivity index (χ4n) is 5.10. The Morgan fingerprint density at radius 3 is 1.11 bits per heavy atom. The van der Waals surface area contributed by atoms with Gasteiger partial charge in [-0.3, -0.25) is 19.2 Å². The van der Waals surface area contributed by atoms with Crippen molar-refractivity contribution >= 4 is 34.3 Å². The van der Waals surface area contributed by atoms with Crippen molar-refractivity contribution in [1.82, 2.24) is 0 Å². The molecule has 0 bridgehead atoms. The van der Waals surface area contributed by atoms with Gasteiger partial charge in [0.25, 0.3) is 0 Å². The van der Waals surface area contributed by atoms with Gasteiger partial charge in [0, 0.05) is 33.4 Å². The molecule has 38 heavy (non-hydrogen) atoms. The van der Waals surface area contributed by atoms with Crippen molar-refractivity contribution in [1.29, 1.82) is 0 Å². The minimum Gasteiger partial charge on any atom is -0.289 e. The highest BCUT2D eigenvalue weighted by Gasteiger charge is 2.44. The minimum absolute atomic E-state index is 0.152. The molecule has 2 aliphatic carbocycles. The Hall–Kier alpha value is -5.10. The first kappa shape index (κ1) is 23.3. The summed E-state index contributed by atoms with van der Waals surface area (Å²) in [5.41, 5.74) is -1.85. The zero-order valence-electron chi connectivity index (χ0n) is 19.6. The van der Waals surface area contributed by atoms with Gasteiger partial charge in [-0.15, -0.1) is 0 Å². The first-order valence-electron chi connectivity index (χ1n) is 11.8. The molecule has 0 aromatic heterocycles. The van der Waals surface area contributed by atoms with Crippen molar-refractivity contribution in [3.8, 4) is 0 Å². The summed E-state index contributed by atoms with van der Waals surface area (Å²) >= 11 is 0. The summed E-state index contributed by atoms with van der Waals surface area (Å²) in [7, 11) is 0. The maximum Gasteiger partial charge on any atom is 0.198 e. The smallest absolute Gasteiger partial charge is 0.198 e. The van der Waals surface area contributed by atoms with E-state index in [4.69, 9.17) is 0 Å². The summed E-state index contributed by atoms with van der Waals surface area (Å²) < 4.78 is 30.1. The van der Waals surface area contributed by atoms with Crippen LogP contribution in [0.15, 0.2) is 108 Å². The van der Waals surface area contributed by atoms with Crippen LogP contribution in [0.1, 0.15) is 52.6 Å². The van der Waals surface area contributed by atoms with Crippen LogP contribution in [0.3, 0.4) is 0 Å². The first-order valence-corrected chi connectivity index (χ1v) is 11.8. The number of allylic oxidation sites excluding steroid dienone is 4. The molecule has 0 spiro atoms. The maximum atomic E-state index is 15.0. The number of halogens is 2. The van der Waals surface area contributed by atoms with Crippen molar-refractivity contribution < 1.29 is 28.0 Å². The van der Waals surface area contributed by atoms with Gasteiger partial charge in [0.2, 0.25) is 0 Å². The number of rotatable bonds is 3. The molecule has 182 valence electrons. The second kappa shape index (κ2) is 8.78. The van der Waals surface area contributed by atoms with Crippen LogP contribution in [0, 0.1) is 11.6 Å². The average Bonchev–Trinajstić information content (AvgIpc) is 2.93. The van der Waals surface area contributed by atoms with E-state index < -0.39 is 57.0 Å². The van der Waals surface area contributed by atoms with Crippen molar-refractivity contribution in [2.45, 2.75) is 0 Å². The normalized spacial score (nSPS) is 15.1. The maximum absolute atomic E-state index is 15.0. The van der Waals surface area contributed by atoms with Gasteiger partial charge in [-0.25, -0.2) is 8.78 Å². The van der Waals surface area contributed by atoms with E-state index in [1.807, 2.05) is 0 Å². The predicted octanol–water partition coefficient (Wildman–Crippen LogP) is 6.33. The molecule has 2 aliphatic rings. The molecule has 0 atom stereocenters. The molecule has 4 aromatic carbocycles. The zero-order chi connectivity index (χ0) is 26.6. The number of ketones is 4. The largest absolute Gasteiger partial charge is 0.289 e. The van der Waals surface area contributed by atoms with Gasteiger partial charge in [-0.2, -0.15) is 0 Å². The predicted molar refractivity (Wildman–Crippen MR) is 137 cm³/mol. The van der Waals surface area contributed by atoms with Gasteiger partial charge in [0.15, 0.2) is 23.1 Å². The molecule has 4 aromatic rings. The summed E-state index contributed by atoms with van der Waals surface area (Å²) in [6.07, 6.45) is 0. The Bertz CT molecular complexity index is 1650. The summed E-state index contributed by atoms with van der Waals surface area (Å²) in [4.78, 5) is 55.8. The molecule has 6 heteroatoms. The number of benzene rings is 4. The van der Waals surface area contributed by atoms with Crippen LogP contribution in [0.2, 0.25) is 0 Å². The van der Waals surface area contributed by atoms with E-state index in [1.165, 1.54) is 24.3 Å². The lowest BCUT2D eigenvalue weighted by Gasteiger charge is -2.27. The highest BCUT2D eigenvalue weighted by Crippen LogP contribution is 2.43. The lowest BCUT2D eigenvalue weighted by atomic mass is 9.71. The van der Waals surface area contributed by atoms with E-state index in [1.54, 1.807) is 60.7 Å². The second-order valence-corrected chi connectivity index (χ2v) is 8.87. The summed E-state index contributed by atoms with van der Waals surface area (Å²) in [6, 6.07) is 23.7. The number of hydrogen-bond donors (Lipinski definition) is 0. The highest BCUT2D eigenvalue weighted by atomic mass is 19.1. The van der Waals surface area contributed by atoms with Crippen molar-refractivity contribution in [3.63, 3.8) is 0 Å². The quantitative estimate of drug-likeness (QED) is 0.328. The van der Waals surface area contributed by atoms with Gasteiger partial charge in [0.05, 0.1) is 11.1 Å². The van der Waals surface area contributed by atoms with Crippen LogP contribution < -0.4 is 0 Å². The molecule has 0 unspecified atom stereocenters. The SMILES string of the molecule is O=C1C(c2ccccc2)=C(C2=C(c3ccccc3)C(=O)c3cccc(F)c3C2=O)C(=O)c2c(F)cccc21. The Labute approximate surface area is 215 Å². The van der Waals surface area contributed by atoms with Crippen LogP contribution in [0.25, 0.3) is 11.1 Å². The molecular formula is C32H16F2O4. The lowest BCUT2D eigenvalue weighted by Crippen LogP contribution is -2.30. The number of fused-ring (bicyclic) bond motifs is 2. The Kier molecular flexibility index (Phi) is 5.39. The molecule has 0 aliphatic heterocycles. The zero-order valence-corrected chi connectivity index (χ0v) is 19.6. The molecule has 4 nitrogen and oxygen atoms in total. The number of Topliss-reactive ketones (excluding diaryl/α,β-unsaturated/α-hetero) is 4. The third-order valence-electron chi connectivity index (χ3n) is 6.75. The second-order valence-electron chi connectivity index (χ2n) is 8.87. The molecule has 0 N–H and O–H groups in total. The van der Waals surface area contributed by atoms with E-state index >= 15 is 8.78 Å². The van der Waals surface area contributed by atoms with Crippen LogP contribution in [-0.4, -0.2) is 23.1 Å². The fourth-order valence-corrected chi connectivity index (χ4v) is 5.10. The standard InChI is InChI=1S/C32H16F2O4/c33-21-15-7-13-19-25(21)31(37)27(23(29(19)35)17-9-3-1-4-10-17)28-24(18-11-5-2-6-12-18)30(36)20-14-8-16-22(34)26(20)32(28)38/h1-16H. The summed E-state index contributed by atoms with van der Waals surface area (Å²) in [5, 5.41) is 0. The minimum atomic E-state index is -0.937. The van der Waals surface area contributed by atoms with Crippen molar-refractivity contribution in [2.75, 3.05) is 0 Å². The first-order chi connectivity index (χ1) is 18.4. The van der Waals surface area contributed by atoms with Crippen LogP contribution in [0.4, 0.5) is 8.78 Å². The topological polar surface area (TPSA) is 68.3 Å². The molecule has 0 saturated carbocycles. The fraction of sp³-hybridized carbons (Fsp3) is 0. The Balaban J connectivity index is 1.79. The molecule has 0 amide bonds. The van der Waals surface area contributed by atoms with Gasteiger partial charge in [-0.05, 0) is 23.3 Å². The summed E-state index contributed by atoms with van der Waals surface area (Å²) in [5.74, 6) is -5.09. The van der Waals surface area contributed by atoms with Gasteiger partial charge < -0.3 is 0 Å². The molecule has 0 fully saturated rings. The molecule has 6 rings (SSSR count). The van der Waals surface area contributed by atoms with E-state index in [2.05, 4.69) is 0 Å². The molecule has 0 heterocycles. The van der Waals surface area contributed by atoms with Gasteiger partial charge >= 0.3 is 0 Å². The van der Waals surface area contributed by atoms with Crippen LogP contribution >= 0.6 is 0 Å². The summed E-state index contributed by atoms with van der Waals surface area (Å²) in [6.45, 7) is 0.